The van der Waals surface area contributed by atoms with E-state index in [0.29, 0.717) is 0 Å². The number of hydrogen-bond acceptors (Lipinski definition) is 2. The number of hydrogen-bond donors (Lipinski definition) is 0. The van der Waals surface area contributed by atoms with Crippen LogP contribution < -0.4 is 0 Å². The summed E-state index contributed by atoms with van der Waals surface area (Å²) in [5, 5.41) is 0. The highest BCUT2D eigenvalue weighted by atomic mass is 28.1. The Kier molecular flexibility index (Phi) is 5.65. The van der Waals surface area contributed by atoms with Gasteiger partial charge in [0.15, 0.2) is 6.29 Å². The number of rotatable bonds is 5. The van der Waals surface area contributed by atoms with Gasteiger partial charge in [-0.25, -0.2) is 0 Å². The lowest BCUT2D eigenvalue weighted by Gasteiger charge is -2.22. The van der Waals surface area contributed by atoms with Gasteiger partial charge >= 0.3 is 0 Å². The van der Waals surface area contributed by atoms with Crippen LogP contribution in [0.5, 0.6) is 0 Å². The molecule has 1 atom stereocenters. The zero-order valence-corrected chi connectivity index (χ0v) is 8.55. The predicted octanol–water partition coefficient (Wildman–Crippen LogP) is 1.90. The lowest BCUT2D eigenvalue weighted by atomic mass is 10.2. The Morgan fingerprint density at radius 2 is 2.25 bits per heavy atom. The van der Waals surface area contributed by atoms with Gasteiger partial charge in [0.25, 0.3) is 0 Å². The van der Waals surface area contributed by atoms with E-state index in [1.165, 1.54) is 19.3 Å². The first-order valence-corrected chi connectivity index (χ1v) is 5.52. The smallest absolute Gasteiger partial charge is 0.157 e. The second-order valence-corrected chi connectivity index (χ2v) is 3.62. The lowest BCUT2D eigenvalue weighted by molar-refractivity contribution is -0.162. The molecule has 2 nitrogen and oxygen atoms in total. The molecule has 1 aliphatic heterocycles. The normalized spacial score (nSPS) is 24.2. The van der Waals surface area contributed by atoms with E-state index in [-0.39, 0.29) is 6.29 Å². The van der Waals surface area contributed by atoms with Gasteiger partial charge in [0.2, 0.25) is 0 Å². The molecule has 0 bridgehead atoms. The van der Waals surface area contributed by atoms with Crippen LogP contribution in [0, 0.1) is 0 Å². The zero-order valence-electron chi connectivity index (χ0n) is 7.55. The van der Waals surface area contributed by atoms with Crippen LogP contribution in [0.3, 0.4) is 0 Å². The minimum atomic E-state index is 0.0912. The average molecular weight is 185 g/mol. The zero-order chi connectivity index (χ0) is 8.65. The van der Waals surface area contributed by atoms with Crippen molar-refractivity contribution in [2.45, 2.75) is 44.4 Å². The molecule has 1 fully saturated rings. The van der Waals surface area contributed by atoms with Gasteiger partial charge in [-0.15, -0.1) is 0 Å². The van der Waals surface area contributed by atoms with Gasteiger partial charge in [-0.1, -0.05) is 12.5 Å². The molecule has 1 rings (SSSR count). The highest BCUT2D eigenvalue weighted by Crippen LogP contribution is 2.13. The van der Waals surface area contributed by atoms with Crippen molar-refractivity contribution in [2.24, 2.45) is 0 Å². The van der Waals surface area contributed by atoms with E-state index < -0.39 is 0 Å². The van der Waals surface area contributed by atoms with Gasteiger partial charge in [0.05, 0.1) is 0 Å². The van der Waals surface area contributed by atoms with Crippen LogP contribution in [0.4, 0.5) is 0 Å². The first-order valence-electron chi connectivity index (χ1n) is 4.81. The molecule has 0 saturated carbocycles. The fourth-order valence-electron chi connectivity index (χ4n) is 1.28. The second kappa shape index (κ2) is 6.63. The number of ether oxygens (including phenoxy) is 2. The predicted molar refractivity (Wildman–Crippen MR) is 49.3 cm³/mol. The second-order valence-electron chi connectivity index (χ2n) is 3.12. The van der Waals surface area contributed by atoms with Crippen LogP contribution in [0.15, 0.2) is 0 Å². The molecular weight excluding hydrogens is 168 g/mol. The quantitative estimate of drug-likeness (QED) is 0.481. The molecule has 69 valence electrons. The van der Waals surface area contributed by atoms with E-state index in [9.17, 15) is 0 Å². The SMILES string of the molecule is [Si]CCCCOC1CCCCO1. The third kappa shape index (κ3) is 4.23. The Balaban J connectivity index is 1.91. The summed E-state index contributed by atoms with van der Waals surface area (Å²) in [4.78, 5) is 0. The standard InChI is InChI=1S/C9H17O2Si/c12-8-4-3-7-11-9-5-1-2-6-10-9/h9H,1-8H2. The molecule has 0 aromatic heterocycles. The van der Waals surface area contributed by atoms with E-state index in [1.54, 1.807) is 0 Å². The minimum Gasteiger partial charge on any atom is -0.353 e. The summed E-state index contributed by atoms with van der Waals surface area (Å²) < 4.78 is 11.0. The molecule has 0 aromatic rings. The van der Waals surface area contributed by atoms with E-state index in [0.717, 1.165) is 32.1 Å². The summed E-state index contributed by atoms with van der Waals surface area (Å²) >= 11 is 0. The van der Waals surface area contributed by atoms with Crippen molar-refractivity contribution >= 4 is 10.2 Å². The van der Waals surface area contributed by atoms with E-state index in [1.807, 2.05) is 0 Å². The maximum atomic E-state index is 5.54. The molecule has 3 heteroatoms. The molecule has 0 aliphatic carbocycles. The third-order valence-electron chi connectivity index (χ3n) is 2.01. The topological polar surface area (TPSA) is 18.5 Å². The van der Waals surface area contributed by atoms with Crippen molar-refractivity contribution < 1.29 is 9.47 Å². The lowest BCUT2D eigenvalue weighted by Crippen LogP contribution is -2.22. The molecule has 1 aliphatic rings. The first-order chi connectivity index (χ1) is 5.93. The monoisotopic (exact) mass is 185 g/mol. The van der Waals surface area contributed by atoms with Crippen molar-refractivity contribution in [3.05, 3.63) is 0 Å². The van der Waals surface area contributed by atoms with Gasteiger partial charge in [0.1, 0.15) is 0 Å². The van der Waals surface area contributed by atoms with Crippen LogP contribution in [0.2, 0.25) is 6.04 Å². The van der Waals surface area contributed by atoms with Crippen LogP contribution in [-0.4, -0.2) is 29.7 Å². The summed E-state index contributed by atoms with van der Waals surface area (Å²) in [6.45, 7) is 1.72. The Bertz CT molecular complexity index is 103. The van der Waals surface area contributed by atoms with Crippen molar-refractivity contribution in [3.8, 4) is 0 Å². The van der Waals surface area contributed by atoms with E-state index in [4.69, 9.17) is 9.47 Å². The Labute approximate surface area is 78.1 Å². The van der Waals surface area contributed by atoms with Gasteiger partial charge < -0.3 is 9.47 Å². The Morgan fingerprint density at radius 3 is 2.92 bits per heavy atom. The van der Waals surface area contributed by atoms with Crippen molar-refractivity contribution in [1.29, 1.82) is 0 Å². The highest BCUT2D eigenvalue weighted by molar-refractivity contribution is 6.08. The van der Waals surface area contributed by atoms with Crippen molar-refractivity contribution in [3.63, 3.8) is 0 Å². The number of unbranched alkanes of at least 4 members (excludes halogenated alkanes) is 1. The van der Waals surface area contributed by atoms with Gasteiger partial charge in [-0.05, 0) is 25.7 Å². The van der Waals surface area contributed by atoms with Gasteiger partial charge in [-0.3, -0.25) is 0 Å². The first kappa shape index (κ1) is 10.2. The highest BCUT2D eigenvalue weighted by Gasteiger charge is 2.12. The van der Waals surface area contributed by atoms with Gasteiger partial charge in [0, 0.05) is 23.5 Å². The van der Waals surface area contributed by atoms with E-state index >= 15 is 0 Å². The largest absolute Gasteiger partial charge is 0.353 e. The molecule has 1 heterocycles. The molecule has 12 heavy (non-hydrogen) atoms. The summed E-state index contributed by atoms with van der Waals surface area (Å²) in [7, 11) is 3.43. The summed E-state index contributed by atoms with van der Waals surface area (Å²) in [6, 6.07) is 1.06. The molecule has 1 saturated heterocycles. The fourth-order valence-corrected chi connectivity index (χ4v) is 1.53. The molecule has 0 amide bonds. The fraction of sp³-hybridized carbons (Fsp3) is 1.00. The van der Waals surface area contributed by atoms with Crippen LogP contribution >= 0.6 is 0 Å². The van der Waals surface area contributed by atoms with Crippen molar-refractivity contribution in [1.82, 2.24) is 0 Å². The summed E-state index contributed by atoms with van der Waals surface area (Å²) in [6.07, 6.45) is 5.93. The van der Waals surface area contributed by atoms with Gasteiger partial charge in [-0.2, -0.15) is 0 Å². The summed E-state index contributed by atoms with van der Waals surface area (Å²) in [5.74, 6) is 0. The van der Waals surface area contributed by atoms with Crippen LogP contribution in [-0.2, 0) is 9.47 Å². The maximum Gasteiger partial charge on any atom is 0.157 e. The molecule has 0 N–H and O–H groups in total. The molecule has 0 aromatic carbocycles. The van der Waals surface area contributed by atoms with E-state index in [2.05, 4.69) is 10.2 Å². The Hall–Kier alpha value is 0.137. The third-order valence-corrected chi connectivity index (χ3v) is 2.37. The van der Waals surface area contributed by atoms with Crippen LogP contribution in [0.25, 0.3) is 0 Å². The minimum absolute atomic E-state index is 0.0912. The molecule has 3 radical (unpaired) electrons. The Morgan fingerprint density at radius 1 is 1.33 bits per heavy atom. The van der Waals surface area contributed by atoms with Crippen molar-refractivity contribution in [2.75, 3.05) is 13.2 Å². The summed E-state index contributed by atoms with van der Waals surface area (Å²) in [5.41, 5.74) is 0. The maximum absolute atomic E-state index is 5.54. The molecule has 1 unspecified atom stereocenters. The molecule has 0 spiro atoms. The van der Waals surface area contributed by atoms with Crippen LogP contribution in [0.1, 0.15) is 32.1 Å². The average Bonchev–Trinajstić information content (AvgIpc) is 2.14. The molecular formula is C9H17O2Si.